The second kappa shape index (κ2) is 6.25. The molecule has 1 heterocycles. The van der Waals surface area contributed by atoms with E-state index < -0.39 is 0 Å². The van der Waals surface area contributed by atoms with Crippen molar-refractivity contribution in [3.05, 3.63) is 34.6 Å². The van der Waals surface area contributed by atoms with E-state index in [1.165, 1.54) is 11.0 Å². The largest absolute Gasteiger partial charge is 0.314 e. The van der Waals surface area contributed by atoms with E-state index in [4.69, 9.17) is 15.8 Å². The normalized spacial score (nSPS) is 10.6. The van der Waals surface area contributed by atoms with Gasteiger partial charge in [0.05, 0.1) is 17.0 Å². The summed E-state index contributed by atoms with van der Waals surface area (Å²) in [4.78, 5) is 16.9. The van der Waals surface area contributed by atoms with Gasteiger partial charge in [0.1, 0.15) is 6.33 Å². The molecule has 20 heavy (non-hydrogen) atoms. The van der Waals surface area contributed by atoms with Gasteiger partial charge >= 0.3 is 0 Å². The number of rotatable bonds is 4. The molecule has 0 saturated heterocycles. The number of benzene rings is 1. The molecule has 0 unspecified atom stereocenters. The molecular weight excluding hydrogens is 300 g/mol. The van der Waals surface area contributed by atoms with E-state index >= 15 is 0 Å². The van der Waals surface area contributed by atoms with Gasteiger partial charge in [0, 0.05) is 24.7 Å². The van der Waals surface area contributed by atoms with E-state index in [0.717, 1.165) is 22.5 Å². The van der Waals surface area contributed by atoms with Gasteiger partial charge in [-0.2, -0.15) is 10.1 Å². The van der Waals surface area contributed by atoms with Gasteiger partial charge in [0.25, 0.3) is 5.91 Å². The lowest BCUT2D eigenvalue weighted by Gasteiger charge is -2.11. The molecular formula is C12H13ClN4O2S. The topological polar surface area (TPSA) is 69.0 Å². The molecule has 1 aromatic heterocycles. The van der Waals surface area contributed by atoms with E-state index in [0.29, 0.717) is 16.5 Å². The smallest absolute Gasteiger partial charge is 0.258 e. The summed E-state index contributed by atoms with van der Waals surface area (Å²) < 4.78 is 6.50. The van der Waals surface area contributed by atoms with Crippen molar-refractivity contribution >= 4 is 35.5 Å². The number of halogens is 1. The molecule has 0 atom stereocenters. The molecule has 0 aliphatic heterocycles. The number of hydrogen-bond acceptors (Lipinski definition) is 5. The molecule has 1 N–H and O–H groups in total. The number of aromatic nitrogens is 3. The highest BCUT2D eigenvalue weighted by Crippen LogP contribution is 2.32. The second-order valence-electron chi connectivity index (χ2n) is 3.96. The molecule has 1 amide bonds. The van der Waals surface area contributed by atoms with Crippen LogP contribution >= 0.6 is 23.6 Å². The first-order valence-corrected chi connectivity index (χ1v) is 6.81. The number of carbonyl (C=O) groups excluding carboxylic acids is 1. The molecule has 0 aliphatic rings. The molecule has 0 spiro atoms. The van der Waals surface area contributed by atoms with Crippen molar-refractivity contribution in [2.24, 2.45) is 7.05 Å². The molecule has 1 aromatic carbocycles. The average Bonchev–Trinajstić information content (AvgIpc) is 2.80. The van der Waals surface area contributed by atoms with Crippen molar-refractivity contribution in [3.63, 3.8) is 0 Å². The Morgan fingerprint density at radius 3 is 2.85 bits per heavy atom. The SMILES string of the molecule is COSc1c(Cl)ccc(C(=O)Nc2ncnn2C)c1C. The Hall–Kier alpha value is -1.57. The summed E-state index contributed by atoms with van der Waals surface area (Å²) in [6.45, 7) is 1.82. The number of carbonyl (C=O) groups is 1. The van der Waals surface area contributed by atoms with Crippen molar-refractivity contribution in [1.82, 2.24) is 14.8 Å². The molecule has 6 nitrogen and oxygen atoms in total. The lowest BCUT2D eigenvalue weighted by Crippen LogP contribution is -2.16. The summed E-state index contributed by atoms with van der Waals surface area (Å²) in [7, 11) is 3.25. The number of nitrogens with zero attached hydrogens (tertiary/aromatic N) is 3. The molecule has 0 saturated carbocycles. The first-order valence-electron chi connectivity index (χ1n) is 5.69. The number of amides is 1. The Bertz CT molecular complexity index is 644. The van der Waals surface area contributed by atoms with E-state index in [9.17, 15) is 4.79 Å². The highest BCUT2D eigenvalue weighted by atomic mass is 35.5. The fraction of sp³-hybridized carbons (Fsp3) is 0.250. The van der Waals surface area contributed by atoms with E-state index in [2.05, 4.69) is 15.4 Å². The van der Waals surface area contributed by atoms with Crippen LogP contribution in [0.4, 0.5) is 5.95 Å². The minimum atomic E-state index is -0.270. The predicted molar refractivity (Wildman–Crippen MR) is 78.0 cm³/mol. The minimum Gasteiger partial charge on any atom is -0.314 e. The second-order valence-corrected chi connectivity index (χ2v) is 5.28. The van der Waals surface area contributed by atoms with Crippen LogP contribution in [0.25, 0.3) is 0 Å². The van der Waals surface area contributed by atoms with Gasteiger partial charge in [-0.1, -0.05) is 11.6 Å². The zero-order chi connectivity index (χ0) is 14.7. The van der Waals surface area contributed by atoms with Gasteiger partial charge in [-0.05, 0) is 24.6 Å². The third kappa shape index (κ3) is 2.95. The van der Waals surface area contributed by atoms with Gasteiger partial charge in [-0.15, -0.1) is 0 Å². The third-order valence-corrected chi connectivity index (χ3v) is 3.99. The van der Waals surface area contributed by atoms with Crippen molar-refractivity contribution in [3.8, 4) is 0 Å². The Kier molecular flexibility index (Phi) is 4.64. The van der Waals surface area contributed by atoms with Crippen molar-refractivity contribution in [2.45, 2.75) is 11.8 Å². The van der Waals surface area contributed by atoms with Crippen LogP contribution in [0.3, 0.4) is 0 Å². The first-order chi connectivity index (χ1) is 9.54. The number of hydrogen-bond donors (Lipinski definition) is 1. The quantitative estimate of drug-likeness (QED) is 0.879. The van der Waals surface area contributed by atoms with Crippen LogP contribution in [0.1, 0.15) is 15.9 Å². The molecule has 8 heteroatoms. The minimum absolute atomic E-state index is 0.270. The maximum atomic E-state index is 12.3. The predicted octanol–water partition coefficient (Wildman–Crippen LogP) is 2.68. The highest BCUT2D eigenvalue weighted by Gasteiger charge is 2.16. The Morgan fingerprint density at radius 1 is 1.50 bits per heavy atom. The van der Waals surface area contributed by atoms with E-state index in [1.807, 2.05) is 6.92 Å². The average molecular weight is 313 g/mol. The van der Waals surface area contributed by atoms with Gasteiger partial charge in [-0.25, -0.2) is 4.68 Å². The molecule has 2 aromatic rings. The lowest BCUT2D eigenvalue weighted by molar-refractivity contribution is 0.102. The fourth-order valence-electron chi connectivity index (χ4n) is 1.67. The monoisotopic (exact) mass is 312 g/mol. The molecule has 0 bridgehead atoms. The van der Waals surface area contributed by atoms with Gasteiger partial charge in [0.2, 0.25) is 5.95 Å². The maximum Gasteiger partial charge on any atom is 0.258 e. The molecule has 106 valence electrons. The van der Waals surface area contributed by atoms with Crippen LogP contribution in [0, 0.1) is 6.92 Å². The van der Waals surface area contributed by atoms with Crippen molar-refractivity contribution in [2.75, 3.05) is 12.4 Å². The van der Waals surface area contributed by atoms with Gasteiger partial charge < -0.3 is 4.18 Å². The third-order valence-electron chi connectivity index (χ3n) is 2.71. The summed E-state index contributed by atoms with van der Waals surface area (Å²) in [5.41, 5.74) is 1.26. The van der Waals surface area contributed by atoms with Gasteiger partial charge in [0.15, 0.2) is 0 Å². The Labute approximate surface area is 125 Å². The van der Waals surface area contributed by atoms with Crippen LogP contribution in [0.2, 0.25) is 5.02 Å². The van der Waals surface area contributed by atoms with Gasteiger partial charge in [-0.3, -0.25) is 10.1 Å². The zero-order valence-corrected chi connectivity index (χ0v) is 12.7. The van der Waals surface area contributed by atoms with Crippen LogP contribution in [0.15, 0.2) is 23.4 Å². The summed E-state index contributed by atoms with van der Waals surface area (Å²) in [5.74, 6) is 0.110. The molecule has 0 aliphatic carbocycles. The van der Waals surface area contributed by atoms with Crippen molar-refractivity contribution in [1.29, 1.82) is 0 Å². The Balaban J connectivity index is 2.31. The lowest BCUT2D eigenvalue weighted by atomic mass is 10.1. The van der Waals surface area contributed by atoms with Crippen molar-refractivity contribution < 1.29 is 8.98 Å². The van der Waals surface area contributed by atoms with E-state index in [1.54, 1.807) is 26.3 Å². The van der Waals surface area contributed by atoms with E-state index in [-0.39, 0.29) is 5.91 Å². The van der Waals surface area contributed by atoms with Crippen LogP contribution in [0.5, 0.6) is 0 Å². The van der Waals surface area contributed by atoms with Crippen LogP contribution in [-0.4, -0.2) is 27.8 Å². The molecule has 0 radical (unpaired) electrons. The first kappa shape index (κ1) is 14.8. The summed E-state index contributed by atoms with van der Waals surface area (Å²) in [5, 5.41) is 7.13. The number of nitrogens with one attached hydrogen (secondary N) is 1. The molecule has 0 fully saturated rings. The standard InChI is InChI=1S/C12H13ClN4O2S/c1-7-8(4-5-9(13)10(7)20-19-3)11(18)16-12-14-6-15-17(12)2/h4-6H,1-3H3,(H,14,15,16,18). The zero-order valence-electron chi connectivity index (χ0n) is 11.2. The number of aryl methyl sites for hydroxylation is 1. The summed E-state index contributed by atoms with van der Waals surface area (Å²) in [6.07, 6.45) is 1.37. The molecule has 2 rings (SSSR count). The summed E-state index contributed by atoms with van der Waals surface area (Å²) in [6, 6.07) is 3.34. The Morgan fingerprint density at radius 2 is 2.25 bits per heavy atom. The van der Waals surface area contributed by atoms with Crippen LogP contribution < -0.4 is 5.32 Å². The van der Waals surface area contributed by atoms with Crippen LogP contribution in [-0.2, 0) is 11.2 Å². The maximum absolute atomic E-state index is 12.3. The fourth-order valence-corrected chi connectivity index (χ4v) is 2.52. The highest BCUT2D eigenvalue weighted by molar-refractivity contribution is 7.94. The number of anilines is 1. The summed E-state index contributed by atoms with van der Waals surface area (Å²) >= 11 is 7.22.